The maximum Gasteiger partial charge on any atom is 0.321 e. The van der Waals surface area contributed by atoms with Crippen molar-refractivity contribution in [3.8, 4) is 0 Å². The molecule has 0 heterocycles. The van der Waals surface area contributed by atoms with E-state index in [1.54, 1.807) is 19.0 Å². The summed E-state index contributed by atoms with van der Waals surface area (Å²) in [4.78, 5) is 1.78. The number of rotatable bonds is 5. The van der Waals surface area contributed by atoms with Gasteiger partial charge in [-0.3, -0.25) is 9.45 Å². The van der Waals surface area contributed by atoms with Gasteiger partial charge in [-0.25, -0.2) is 0 Å². The van der Waals surface area contributed by atoms with E-state index in [9.17, 15) is 8.42 Å². The maximum atomic E-state index is 10.5. The Kier molecular flexibility index (Phi) is 5.15. The smallest absolute Gasteiger partial charge is 0.297 e. The molecule has 0 aromatic heterocycles. The molecule has 0 aliphatic carbocycles. The quantitative estimate of drug-likeness (QED) is 0.422. The van der Waals surface area contributed by atoms with Crippen molar-refractivity contribution < 1.29 is 13.0 Å². The zero-order valence-corrected chi connectivity index (χ0v) is 9.15. The lowest BCUT2D eigenvalue weighted by Gasteiger charge is -2.20. The van der Waals surface area contributed by atoms with Crippen LogP contribution in [-0.4, -0.2) is 37.3 Å². The van der Waals surface area contributed by atoms with E-state index in [0.717, 1.165) is 12.8 Å². The molecule has 1 atom stereocenters. The summed E-state index contributed by atoms with van der Waals surface area (Å²) in [5.74, 6) is 0. The standard InChI is InChI=1S/C6H15NO3S2/c1-4-5-6(7(2)3)11-12(8,9)10/h6H,4-5H2,1-3H3,(H,8,9,10). The van der Waals surface area contributed by atoms with Gasteiger partial charge in [-0.2, -0.15) is 8.42 Å². The van der Waals surface area contributed by atoms with Crippen LogP contribution in [-0.2, 0) is 9.15 Å². The Morgan fingerprint density at radius 1 is 1.50 bits per heavy atom. The van der Waals surface area contributed by atoms with Gasteiger partial charge in [0.05, 0.1) is 5.37 Å². The van der Waals surface area contributed by atoms with E-state index >= 15 is 0 Å². The molecular formula is C6H15NO3S2. The molecule has 0 saturated carbocycles. The maximum absolute atomic E-state index is 10.5. The molecule has 0 amide bonds. The molecular weight excluding hydrogens is 198 g/mol. The summed E-state index contributed by atoms with van der Waals surface area (Å²) in [5.41, 5.74) is 0. The van der Waals surface area contributed by atoms with Crippen LogP contribution in [0.5, 0.6) is 0 Å². The fraction of sp³-hybridized carbons (Fsp3) is 1.00. The summed E-state index contributed by atoms with van der Waals surface area (Å²) in [6.07, 6.45) is 1.64. The molecule has 0 aliphatic rings. The number of nitrogens with zero attached hydrogens (tertiary/aromatic N) is 1. The summed E-state index contributed by atoms with van der Waals surface area (Å²) in [5, 5.41) is -0.162. The van der Waals surface area contributed by atoms with Crippen LogP contribution in [0.2, 0.25) is 0 Å². The zero-order chi connectivity index (χ0) is 9.78. The molecule has 12 heavy (non-hydrogen) atoms. The monoisotopic (exact) mass is 213 g/mol. The highest BCUT2D eigenvalue weighted by Crippen LogP contribution is 2.22. The van der Waals surface area contributed by atoms with Crippen LogP contribution in [0, 0.1) is 0 Å². The zero-order valence-electron chi connectivity index (χ0n) is 7.52. The summed E-state index contributed by atoms with van der Waals surface area (Å²) >= 11 is 0. The Morgan fingerprint density at radius 3 is 2.25 bits per heavy atom. The lowest BCUT2D eigenvalue weighted by Crippen LogP contribution is -2.25. The van der Waals surface area contributed by atoms with Crippen LogP contribution < -0.4 is 0 Å². The third-order valence-electron chi connectivity index (χ3n) is 1.34. The second-order valence-corrected chi connectivity index (χ2v) is 6.16. The van der Waals surface area contributed by atoms with Gasteiger partial charge in [-0.1, -0.05) is 13.3 Å². The van der Waals surface area contributed by atoms with Crippen molar-refractivity contribution >= 4 is 19.9 Å². The Hall–Kier alpha value is 0.220. The Morgan fingerprint density at radius 2 is 2.00 bits per heavy atom. The Balaban J connectivity index is 4.14. The molecule has 0 saturated heterocycles. The topological polar surface area (TPSA) is 57.6 Å². The van der Waals surface area contributed by atoms with E-state index in [4.69, 9.17) is 4.55 Å². The minimum absolute atomic E-state index is 0.162. The van der Waals surface area contributed by atoms with Crippen molar-refractivity contribution in [3.05, 3.63) is 0 Å². The summed E-state index contributed by atoms with van der Waals surface area (Å²) in [7, 11) is 0.253. The first-order chi connectivity index (χ1) is 5.37. The summed E-state index contributed by atoms with van der Waals surface area (Å²) < 4.78 is 29.6. The predicted molar refractivity (Wildman–Crippen MR) is 51.5 cm³/mol. The first-order valence-corrected chi connectivity index (χ1v) is 6.52. The third-order valence-corrected chi connectivity index (χ3v) is 3.86. The van der Waals surface area contributed by atoms with Crippen LogP contribution >= 0.6 is 10.8 Å². The molecule has 6 heteroatoms. The SMILES string of the molecule is CCCC(SS(=O)(=O)O)N(C)C. The van der Waals surface area contributed by atoms with Gasteiger partial charge in [0.2, 0.25) is 0 Å². The second-order valence-electron chi connectivity index (χ2n) is 2.73. The highest BCUT2D eigenvalue weighted by molar-refractivity contribution is 8.70. The highest BCUT2D eigenvalue weighted by Gasteiger charge is 2.18. The van der Waals surface area contributed by atoms with Gasteiger partial charge >= 0.3 is 9.15 Å². The van der Waals surface area contributed by atoms with Crippen molar-refractivity contribution in [2.24, 2.45) is 0 Å². The first kappa shape index (κ1) is 12.2. The molecule has 0 rings (SSSR count). The molecule has 0 bridgehead atoms. The Bertz CT molecular complexity index is 213. The molecule has 0 aromatic carbocycles. The van der Waals surface area contributed by atoms with Crippen LogP contribution in [0.1, 0.15) is 19.8 Å². The average molecular weight is 213 g/mol. The van der Waals surface area contributed by atoms with Gasteiger partial charge in [0.25, 0.3) is 0 Å². The van der Waals surface area contributed by atoms with E-state index < -0.39 is 9.15 Å². The van der Waals surface area contributed by atoms with E-state index in [2.05, 4.69) is 0 Å². The van der Waals surface area contributed by atoms with Crippen molar-refractivity contribution in [2.45, 2.75) is 25.1 Å². The second kappa shape index (κ2) is 5.06. The van der Waals surface area contributed by atoms with Gasteiger partial charge in [0.1, 0.15) is 0 Å². The van der Waals surface area contributed by atoms with Crippen molar-refractivity contribution in [3.63, 3.8) is 0 Å². The predicted octanol–water partition coefficient (Wildman–Crippen LogP) is 1.21. The number of hydrogen-bond donors (Lipinski definition) is 1. The van der Waals surface area contributed by atoms with Crippen LogP contribution in [0.25, 0.3) is 0 Å². The fourth-order valence-electron chi connectivity index (χ4n) is 0.780. The van der Waals surface area contributed by atoms with E-state index in [-0.39, 0.29) is 5.37 Å². The van der Waals surface area contributed by atoms with Crippen molar-refractivity contribution in [2.75, 3.05) is 14.1 Å². The van der Waals surface area contributed by atoms with Crippen molar-refractivity contribution in [1.29, 1.82) is 0 Å². The molecule has 0 spiro atoms. The van der Waals surface area contributed by atoms with Gasteiger partial charge < -0.3 is 0 Å². The average Bonchev–Trinajstić information content (AvgIpc) is 1.83. The Labute approximate surface area is 77.5 Å². The fourth-order valence-corrected chi connectivity index (χ4v) is 3.21. The van der Waals surface area contributed by atoms with E-state index in [1.807, 2.05) is 6.92 Å². The van der Waals surface area contributed by atoms with E-state index in [1.165, 1.54) is 0 Å². The van der Waals surface area contributed by atoms with Gasteiger partial charge in [-0.15, -0.1) is 0 Å². The molecule has 0 aliphatic heterocycles. The minimum Gasteiger partial charge on any atom is -0.297 e. The summed E-state index contributed by atoms with van der Waals surface area (Å²) in [6.45, 7) is 1.97. The largest absolute Gasteiger partial charge is 0.321 e. The van der Waals surface area contributed by atoms with Gasteiger partial charge in [-0.05, 0) is 20.5 Å². The van der Waals surface area contributed by atoms with Gasteiger partial charge in [0.15, 0.2) is 0 Å². The normalized spacial score (nSPS) is 15.1. The molecule has 0 fully saturated rings. The lowest BCUT2D eigenvalue weighted by molar-refractivity contribution is 0.366. The molecule has 0 aromatic rings. The van der Waals surface area contributed by atoms with E-state index in [0.29, 0.717) is 10.8 Å². The van der Waals surface area contributed by atoms with Crippen LogP contribution in [0.15, 0.2) is 0 Å². The number of hydrogen-bond acceptors (Lipinski definition) is 4. The van der Waals surface area contributed by atoms with Gasteiger partial charge in [0, 0.05) is 10.8 Å². The lowest BCUT2D eigenvalue weighted by atomic mass is 10.3. The molecule has 74 valence electrons. The third kappa shape index (κ3) is 5.82. The highest BCUT2D eigenvalue weighted by atomic mass is 33.1. The first-order valence-electron chi connectivity index (χ1n) is 3.69. The molecule has 0 radical (unpaired) electrons. The molecule has 1 N–H and O–H groups in total. The minimum atomic E-state index is -3.92. The van der Waals surface area contributed by atoms with Crippen molar-refractivity contribution in [1.82, 2.24) is 4.90 Å². The summed E-state index contributed by atoms with van der Waals surface area (Å²) in [6, 6.07) is 0. The molecule has 4 nitrogen and oxygen atoms in total. The van der Waals surface area contributed by atoms with Crippen LogP contribution in [0.3, 0.4) is 0 Å². The molecule has 1 unspecified atom stereocenters. The van der Waals surface area contributed by atoms with Crippen LogP contribution in [0.4, 0.5) is 0 Å².